The predicted octanol–water partition coefficient (Wildman–Crippen LogP) is 3.51. The van der Waals surface area contributed by atoms with E-state index in [1.165, 1.54) is 42.6 Å². The molecule has 1 saturated carbocycles. The topological polar surface area (TPSA) is 58.6 Å². The second kappa shape index (κ2) is 6.85. The van der Waals surface area contributed by atoms with Gasteiger partial charge in [-0.25, -0.2) is 0 Å². The van der Waals surface area contributed by atoms with E-state index in [-0.39, 0.29) is 5.84 Å². The number of amidine groups is 1. The Kier molecular flexibility index (Phi) is 5.14. The number of rotatable bonds is 5. The molecule has 0 amide bonds. The fraction of sp³-hybridized carbons (Fsp3) is 0.533. The zero-order valence-electron chi connectivity index (χ0n) is 11.4. The summed E-state index contributed by atoms with van der Waals surface area (Å²) in [6, 6.07) is 6.00. The van der Waals surface area contributed by atoms with Gasteiger partial charge in [0.05, 0.1) is 0 Å². The molecule has 0 unspecified atom stereocenters. The summed E-state index contributed by atoms with van der Waals surface area (Å²) in [6.45, 7) is 2.08. The van der Waals surface area contributed by atoms with Crippen LogP contribution in [0.5, 0.6) is 0 Å². The largest absolute Gasteiger partial charge is 0.409 e. The van der Waals surface area contributed by atoms with Crippen molar-refractivity contribution in [2.45, 2.75) is 38.4 Å². The number of nitrogens with two attached hydrogens (primary N) is 1. The van der Waals surface area contributed by atoms with Crippen molar-refractivity contribution < 1.29 is 5.21 Å². The van der Waals surface area contributed by atoms with Crippen LogP contribution in [0.1, 0.15) is 42.4 Å². The molecule has 1 aliphatic carbocycles. The summed E-state index contributed by atoms with van der Waals surface area (Å²) in [7, 11) is 0. The summed E-state index contributed by atoms with van der Waals surface area (Å²) < 4.78 is 0. The van der Waals surface area contributed by atoms with Crippen molar-refractivity contribution >= 4 is 17.6 Å². The molecule has 4 heteroatoms. The Bertz CT molecular complexity index is 453. The van der Waals surface area contributed by atoms with Gasteiger partial charge in [0.2, 0.25) is 0 Å². The Morgan fingerprint density at radius 2 is 2.16 bits per heavy atom. The number of aryl methyl sites for hydroxylation is 1. The molecule has 0 saturated heterocycles. The van der Waals surface area contributed by atoms with Crippen LogP contribution in [0.25, 0.3) is 0 Å². The Balaban J connectivity index is 1.89. The lowest BCUT2D eigenvalue weighted by Crippen LogP contribution is -2.13. The number of hydrogen-bond acceptors (Lipinski definition) is 3. The average Bonchev–Trinajstić information content (AvgIpc) is 2.93. The van der Waals surface area contributed by atoms with Crippen LogP contribution in [0, 0.1) is 12.8 Å². The van der Waals surface area contributed by atoms with Crippen LogP contribution in [-0.4, -0.2) is 16.8 Å². The molecule has 3 nitrogen and oxygen atoms in total. The van der Waals surface area contributed by atoms with Gasteiger partial charge in [0.25, 0.3) is 0 Å². The number of benzene rings is 1. The van der Waals surface area contributed by atoms with Gasteiger partial charge in [0, 0.05) is 11.3 Å². The fourth-order valence-electron chi connectivity index (χ4n) is 2.59. The summed E-state index contributed by atoms with van der Waals surface area (Å²) in [5.74, 6) is 3.44. The van der Waals surface area contributed by atoms with Gasteiger partial charge in [-0.3, -0.25) is 0 Å². The molecule has 1 fully saturated rings. The molecule has 0 bridgehead atoms. The van der Waals surface area contributed by atoms with E-state index in [0.29, 0.717) is 0 Å². The average molecular weight is 278 g/mol. The van der Waals surface area contributed by atoms with Crippen molar-refractivity contribution in [2.75, 3.05) is 5.75 Å². The zero-order valence-corrected chi connectivity index (χ0v) is 12.2. The summed E-state index contributed by atoms with van der Waals surface area (Å²) in [6.07, 6.45) is 5.65. The van der Waals surface area contributed by atoms with Crippen LogP contribution < -0.4 is 5.73 Å². The van der Waals surface area contributed by atoms with Gasteiger partial charge in [-0.2, -0.15) is 11.8 Å². The van der Waals surface area contributed by atoms with E-state index in [0.717, 1.165) is 17.2 Å². The van der Waals surface area contributed by atoms with Crippen molar-refractivity contribution in [3.05, 3.63) is 34.9 Å². The minimum Gasteiger partial charge on any atom is -0.409 e. The standard InChI is InChI=1S/C15H22N2OS/c1-11-8-13(15(16)17-18)6-7-14(11)10-19-9-12-4-2-3-5-12/h6-8,12,18H,2-5,9-10H2,1H3,(H2,16,17). The van der Waals surface area contributed by atoms with Gasteiger partial charge in [-0.15, -0.1) is 0 Å². The number of nitrogens with zero attached hydrogens (tertiary/aromatic N) is 1. The summed E-state index contributed by atoms with van der Waals surface area (Å²) >= 11 is 2.03. The number of hydrogen-bond donors (Lipinski definition) is 2. The Morgan fingerprint density at radius 1 is 1.42 bits per heavy atom. The van der Waals surface area contributed by atoms with Crippen LogP contribution >= 0.6 is 11.8 Å². The Labute approximate surface area is 119 Å². The molecule has 0 spiro atoms. The second-order valence-electron chi connectivity index (χ2n) is 5.29. The first-order chi connectivity index (χ1) is 9.20. The lowest BCUT2D eigenvalue weighted by atomic mass is 10.1. The normalized spacial score (nSPS) is 17.0. The highest BCUT2D eigenvalue weighted by Crippen LogP contribution is 2.29. The smallest absolute Gasteiger partial charge is 0.170 e. The van der Waals surface area contributed by atoms with E-state index in [9.17, 15) is 0 Å². The van der Waals surface area contributed by atoms with Crippen LogP contribution in [0.4, 0.5) is 0 Å². The molecule has 1 aromatic carbocycles. The molecule has 0 heterocycles. The highest BCUT2D eigenvalue weighted by molar-refractivity contribution is 7.98. The third-order valence-electron chi connectivity index (χ3n) is 3.83. The van der Waals surface area contributed by atoms with E-state index >= 15 is 0 Å². The van der Waals surface area contributed by atoms with E-state index in [2.05, 4.69) is 18.1 Å². The minimum absolute atomic E-state index is 0.174. The van der Waals surface area contributed by atoms with Crippen molar-refractivity contribution in [3.8, 4) is 0 Å². The van der Waals surface area contributed by atoms with E-state index in [4.69, 9.17) is 10.9 Å². The van der Waals surface area contributed by atoms with Gasteiger partial charge in [0.15, 0.2) is 5.84 Å². The quantitative estimate of drug-likeness (QED) is 0.375. The van der Waals surface area contributed by atoms with Gasteiger partial charge in [-0.1, -0.05) is 30.1 Å². The lowest BCUT2D eigenvalue weighted by Gasteiger charge is -2.10. The third-order valence-corrected chi connectivity index (χ3v) is 5.05. The molecule has 104 valence electrons. The maximum absolute atomic E-state index is 8.67. The zero-order chi connectivity index (χ0) is 13.7. The molecule has 2 rings (SSSR count). The number of oxime groups is 1. The minimum atomic E-state index is 0.174. The molecule has 0 aromatic heterocycles. The predicted molar refractivity (Wildman–Crippen MR) is 81.8 cm³/mol. The maximum atomic E-state index is 8.67. The molecular formula is C15H22N2OS. The van der Waals surface area contributed by atoms with Crippen LogP contribution in [0.2, 0.25) is 0 Å². The van der Waals surface area contributed by atoms with Crippen molar-refractivity contribution in [1.29, 1.82) is 0 Å². The SMILES string of the molecule is Cc1cc(/C(N)=N/O)ccc1CSCC1CCCC1. The first-order valence-corrected chi connectivity index (χ1v) is 8.01. The summed E-state index contributed by atoms with van der Waals surface area (Å²) in [5.41, 5.74) is 8.93. The van der Waals surface area contributed by atoms with Crippen molar-refractivity contribution in [2.24, 2.45) is 16.8 Å². The Morgan fingerprint density at radius 3 is 2.79 bits per heavy atom. The van der Waals surface area contributed by atoms with E-state index in [1.54, 1.807) is 0 Å². The van der Waals surface area contributed by atoms with E-state index < -0.39 is 0 Å². The molecule has 3 N–H and O–H groups in total. The van der Waals surface area contributed by atoms with Gasteiger partial charge in [0.1, 0.15) is 0 Å². The van der Waals surface area contributed by atoms with Gasteiger partial charge < -0.3 is 10.9 Å². The molecule has 19 heavy (non-hydrogen) atoms. The summed E-state index contributed by atoms with van der Waals surface area (Å²) in [5, 5.41) is 11.7. The van der Waals surface area contributed by atoms with Crippen LogP contribution in [-0.2, 0) is 5.75 Å². The first kappa shape index (κ1) is 14.3. The second-order valence-corrected chi connectivity index (χ2v) is 6.32. The molecule has 0 aliphatic heterocycles. The lowest BCUT2D eigenvalue weighted by molar-refractivity contribution is 0.318. The molecule has 1 aromatic rings. The first-order valence-electron chi connectivity index (χ1n) is 6.86. The number of thioether (sulfide) groups is 1. The monoisotopic (exact) mass is 278 g/mol. The van der Waals surface area contributed by atoms with Gasteiger partial charge >= 0.3 is 0 Å². The van der Waals surface area contributed by atoms with Crippen LogP contribution in [0.15, 0.2) is 23.4 Å². The molecule has 0 atom stereocenters. The highest BCUT2D eigenvalue weighted by Gasteiger charge is 2.14. The van der Waals surface area contributed by atoms with Crippen LogP contribution in [0.3, 0.4) is 0 Å². The van der Waals surface area contributed by atoms with Crippen molar-refractivity contribution in [1.82, 2.24) is 0 Å². The van der Waals surface area contributed by atoms with Crippen molar-refractivity contribution in [3.63, 3.8) is 0 Å². The molecule has 0 radical (unpaired) electrons. The van der Waals surface area contributed by atoms with Gasteiger partial charge in [-0.05, 0) is 48.6 Å². The Hall–Kier alpha value is -1.16. The summed E-state index contributed by atoms with van der Waals surface area (Å²) in [4.78, 5) is 0. The fourth-order valence-corrected chi connectivity index (χ4v) is 3.92. The van der Waals surface area contributed by atoms with E-state index in [1.807, 2.05) is 23.9 Å². The third kappa shape index (κ3) is 3.90. The highest BCUT2D eigenvalue weighted by atomic mass is 32.2. The maximum Gasteiger partial charge on any atom is 0.170 e. The molecule has 1 aliphatic rings. The molecular weight excluding hydrogens is 256 g/mol.